The second kappa shape index (κ2) is 5.58. The molecule has 0 saturated heterocycles. The Morgan fingerprint density at radius 1 is 1.40 bits per heavy atom. The van der Waals surface area contributed by atoms with Crippen LogP contribution in [0.2, 0.25) is 5.02 Å². The highest BCUT2D eigenvalue weighted by Crippen LogP contribution is 2.28. The maximum Gasteiger partial charge on any atom is 0.199 e. The lowest BCUT2D eigenvalue weighted by atomic mass is 9.86. The number of rotatable bonds is 4. The number of hydrogen-bond acceptors (Lipinski definition) is 3. The number of benzene rings is 1. The van der Waals surface area contributed by atoms with Crippen LogP contribution in [0.25, 0.3) is 11.0 Å². The minimum Gasteiger partial charge on any atom is -0.451 e. The molecule has 2 aromatic rings. The van der Waals surface area contributed by atoms with Crippen molar-refractivity contribution in [3.8, 4) is 0 Å². The first kappa shape index (κ1) is 15.1. The fraction of sp³-hybridized carbons (Fsp3) is 0.438. The van der Waals surface area contributed by atoms with Crippen LogP contribution >= 0.6 is 11.6 Å². The van der Waals surface area contributed by atoms with Gasteiger partial charge in [-0.2, -0.15) is 0 Å². The van der Waals surface area contributed by atoms with Gasteiger partial charge < -0.3 is 10.2 Å². The monoisotopic (exact) mass is 293 g/mol. The third kappa shape index (κ3) is 3.62. The molecule has 0 aliphatic rings. The highest BCUT2D eigenvalue weighted by atomic mass is 35.5. The minimum atomic E-state index is -0.161. The van der Waals surface area contributed by atoms with Gasteiger partial charge in [-0.25, -0.2) is 0 Å². The van der Waals surface area contributed by atoms with E-state index in [0.29, 0.717) is 16.4 Å². The Kier molecular flexibility index (Phi) is 4.21. The van der Waals surface area contributed by atoms with E-state index in [9.17, 15) is 4.79 Å². The van der Waals surface area contributed by atoms with Crippen molar-refractivity contribution in [1.82, 2.24) is 0 Å². The first-order chi connectivity index (χ1) is 9.26. The topological polar surface area (TPSA) is 56.2 Å². The molecule has 20 heavy (non-hydrogen) atoms. The number of ketones is 1. The molecule has 0 radical (unpaired) electrons. The molecule has 0 aliphatic heterocycles. The summed E-state index contributed by atoms with van der Waals surface area (Å²) in [5.41, 5.74) is 6.70. The third-order valence-corrected chi connectivity index (χ3v) is 3.39. The molecule has 108 valence electrons. The van der Waals surface area contributed by atoms with Crippen LogP contribution in [-0.4, -0.2) is 11.8 Å². The summed E-state index contributed by atoms with van der Waals surface area (Å²) in [6, 6.07) is 7.02. The lowest BCUT2D eigenvalue weighted by Gasteiger charge is -2.22. The number of furan rings is 1. The molecule has 4 heteroatoms. The van der Waals surface area contributed by atoms with Crippen LogP contribution in [0.5, 0.6) is 0 Å². The molecule has 0 spiro atoms. The Bertz CT molecular complexity index is 625. The summed E-state index contributed by atoms with van der Waals surface area (Å²) in [5.74, 6) is 0.256. The average molecular weight is 294 g/mol. The maximum absolute atomic E-state index is 12.2. The van der Waals surface area contributed by atoms with Crippen LogP contribution in [0.15, 0.2) is 28.7 Å². The zero-order chi connectivity index (χ0) is 14.9. The molecule has 3 nitrogen and oxygen atoms in total. The van der Waals surface area contributed by atoms with Crippen molar-refractivity contribution >= 4 is 28.4 Å². The van der Waals surface area contributed by atoms with Crippen LogP contribution in [0.3, 0.4) is 0 Å². The number of carbonyl (C=O) groups excluding carboxylic acids is 1. The molecule has 1 aromatic heterocycles. The normalized spacial score (nSPS) is 13.7. The van der Waals surface area contributed by atoms with Crippen molar-refractivity contribution in [1.29, 1.82) is 0 Å². The summed E-state index contributed by atoms with van der Waals surface area (Å²) in [7, 11) is 0. The van der Waals surface area contributed by atoms with Gasteiger partial charge in [0, 0.05) is 17.8 Å². The molecule has 1 aromatic carbocycles. The van der Waals surface area contributed by atoms with Crippen LogP contribution in [0.4, 0.5) is 0 Å². The molecular weight excluding hydrogens is 274 g/mol. The molecule has 2 rings (SSSR count). The molecule has 0 bridgehead atoms. The van der Waals surface area contributed by atoms with E-state index in [2.05, 4.69) is 20.8 Å². The number of hydrogen-bond donors (Lipinski definition) is 1. The summed E-state index contributed by atoms with van der Waals surface area (Å²) in [6.07, 6.45) is 1.08. The van der Waals surface area contributed by atoms with E-state index in [1.807, 2.05) is 12.1 Å². The molecule has 1 atom stereocenters. The van der Waals surface area contributed by atoms with Gasteiger partial charge in [-0.3, -0.25) is 4.79 Å². The van der Waals surface area contributed by atoms with Gasteiger partial charge in [0.15, 0.2) is 17.1 Å². The summed E-state index contributed by atoms with van der Waals surface area (Å²) in [4.78, 5) is 12.2. The Morgan fingerprint density at radius 3 is 2.70 bits per heavy atom. The van der Waals surface area contributed by atoms with Gasteiger partial charge in [0.25, 0.3) is 0 Å². The van der Waals surface area contributed by atoms with Gasteiger partial charge in [-0.1, -0.05) is 44.5 Å². The quantitative estimate of drug-likeness (QED) is 0.849. The molecule has 0 fully saturated rings. The lowest BCUT2D eigenvalue weighted by molar-refractivity contribution is 0.0943. The zero-order valence-electron chi connectivity index (χ0n) is 12.1. The molecule has 0 saturated carbocycles. The Hall–Kier alpha value is -1.32. The van der Waals surface area contributed by atoms with Gasteiger partial charge >= 0.3 is 0 Å². The van der Waals surface area contributed by atoms with E-state index in [0.717, 1.165) is 11.8 Å². The van der Waals surface area contributed by atoms with E-state index in [1.54, 1.807) is 12.1 Å². The van der Waals surface area contributed by atoms with Gasteiger partial charge in [0.05, 0.1) is 5.02 Å². The Balaban J connectivity index is 2.14. The minimum absolute atomic E-state index is 0.0750. The second-order valence-electron chi connectivity index (χ2n) is 6.42. The first-order valence-corrected chi connectivity index (χ1v) is 7.11. The van der Waals surface area contributed by atoms with Crippen molar-refractivity contribution in [2.75, 3.05) is 0 Å². The fourth-order valence-electron chi connectivity index (χ4n) is 2.36. The van der Waals surface area contributed by atoms with Crippen molar-refractivity contribution in [2.24, 2.45) is 11.1 Å². The summed E-state index contributed by atoms with van der Waals surface area (Å²) < 4.78 is 5.55. The molecule has 2 N–H and O–H groups in total. The first-order valence-electron chi connectivity index (χ1n) is 6.73. The maximum atomic E-state index is 12.2. The van der Waals surface area contributed by atoms with Gasteiger partial charge in [0.1, 0.15) is 0 Å². The number of Topliss-reactive ketones (excluding diaryl/α,β-unsaturated/α-hetero) is 1. The molecule has 0 aliphatic carbocycles. The number of halogens is 1. The second-order valence-corrected chi connectivity index (χ2v) is 6.83. The van der Waals surface area contributed by atoms with E-state index in [4.69, 9.17) is 21.8 Å². The van der Waals surface area contributed by atoms with E-state index in [-0.39, 0.29) is 23.7 Å². The van der Waals surface area contributed by atoms with Crippen molar-refractivity contribution in [3.63, 3.8) is 0 Å². The van der Waals surface area contributed by atoms with E-state index < -0.39 is 0 Å². The molecule has 0 amide bonds. The van der Waals surface area contributed by atoms with Gasteiger partial charge in [-0.15, -0.1) is 0 Å². The van der Waals surface area contributed by atoms with E-state index >= 15 is 0 Å². The predicted octanol–water partition coefficient (Wildman–Crippen LogP) is 4.42. The highest BCUT2D eigenvalue weighted by Gasteiger charge is 2.21. The van der Waals surface area contributed by atoms with E-state index in [1.165, 1.54) is 0 Å². The lowest BCUT2D eigenvalue weighted by Crippen LogP contribution is -2.28. The fourth-order valence-corrected chi connectivity index (χ4v) is 2.58. The standard InChI is InChI=1S/C16H20ClNO2/c1-16(2,3)9-11(18)8-13(19)14-7-10-5-4-6-12(17)15(10)20-14/h4-7,11H,8-9,18H2,1-3H3. The van der Waals surface area contributed by atoms with Crippen LogP contribution < -0.4 is 5.73 Å². The number of para-hydroxylation sites is 1. The van der Waals surface area contributed by atoms with Crippen LogP contribution in [-0.2, 0) is 0 Å². The number of nitrogens with two attached hydrogens (primary N) is 1. The summed E-state index contributed by atoms with van der Waals surface area (Å²) in [5, 5.41) is 1.35. The highest BCUT2D eigenvalue weighted by molar-refractivity contribution is 6.34. The molecule has 1 heterocycles. The number of carbonyl (C=O) groups is 1. The summed E-state index contributed by atoms with van der Waals surface area (Å²) in [6.45, 7) is 6.33. The Morgan fingerprint density at radius 2 is 2.10 bits per heavy atom. The van der Waals surface area contributed by atoms with Gasteiger partial charge in [-0.05, 0) is 24.0 Å². The van der Waals surface area contributed by atoms with Gasteiger partial charge in [0.2, 0.25) is 0 Å². The average Bonchev–Trinajstić information content (AvgIpc) is 2.71. The van der Waals surface area contributed by atoms with Crippen LogP contribution in [0.1, 0.15) is 44.2 Å². The third-order valence-electron chi connectivity index (χ3n) is 3.09. The zero-order valence-corrected chi connectivity index (χ0v) is 12.8. The SMILES string of the molecule is CC(C)(C)CC(N)CC(=O)c1cc2cccc(Cl)c2o1. The van der Waals surface area contributed by atoms with Crippen molar-refractivity contribution in [3.05, 3.63) is 35.0 Å². The smallest absolute Gasteiger partial charge is 0.199 e. The van der Waals surface area contributed by atoms with Crippen molar-refractivity contribution < 1.29 is 9.21 Å². The molecule has 1 unspecified atom stereocenters. The largest absolute Gasteiger partial charge is 0.451 e. The molecular formula is C16H20ClNO2. The summed E-state index contributed by atoms with van der Waals surface area (Å²) >= 11 is 6.04. The van der Waals surface area contributed by atoms with Crippen molar-refractivity contribution in [2.45, 2.75) is 39.7 Å². The predicted molar refractivity (Wildman–Crippen MR) is 82.2 cm³/mol. The number of fused-ring (bicyclic) bond motifs is 1. The Labute approximate surface area is 124 Å². The van der Waals surface area contributed by atoms with Crippen LogP contribution in [0, 0.1) is 5.41 Å².